The van der Waals surface area contributed by atoms with Gasteiger partial charge in [-0.15, -0.1) is 0 Å². The number of carbonyl (C=O) groups excluding carboxylic acids is 1. The Kier molecular flexibility index (Phi) is 3.18. The minimum Gasteiger partial charge on any atom is -0.394 e. The molecule has 0 aliphatic rings. The predicted octanol–water partition coefficient (Wildman–Crippen LogP) is -0.143. The Morgan fingerprint density at radius 3 is 2.60 bits per heavy atom. The third kappa shape index (κ3) is 2.20. The van der Waals surface area contributed by atoms with Crippen LogP contribution in [-0.2, 0) is 11.8 Å². The number of carbonyl (C=O) groups is 1. The second kappa shape index (κ2) is 4.20. The van der Waals surface area contributed by atoms with Gasteiger partial charge in [0, 0.05) is 14.1 Å². The molecule has 0 bridgehead atoms. The summed E-state index contributed by atoms with van der Waals surface area (Å²) in [5.74, 6) is 0.580. The molecule has 6 heteroatoms. The van der Waals surface area contributed by atoms with E-state index >= 15 is 0 Å². The van der Waals surface area contributed by atoms with Crippen LogP contribution in [0.4, 0.5) is 11.5 Å². The summed E-state index contributed by atoms with van der Waals surface area (Å²) >= 11 is 0. The summed E-state index contributed by atoms with van der Waals surface area (Å²) in [6.07, 6.45) is 0. The highest BCUT2D eigenvalue weighted by Gasteiger charge is 2.16. The third-order valence-electron chi connectivity index (χ3n) is 2.26. The van der Waals surface area contributed by atoms with Gasteiger partial charge in [0.15, 0.2) is 0 Å². The van der Waals surface area contributed by atoms with Gasteiger partial charge in [0.05, 0.1) is 11.4 Å². The van der Waals surface area contributed by atoms with E-state index in [1.807, 2.05) is 6.92 Å². The SMILES string of the molecule is CNC(=O)C(C)Nc1c(N)c(C)nn1C. The maximum Gasteiger partial charge on any atom is 0.241 e. The largest absolute Gasteiger partial charge is 0.394 e. The van der Waals surface area contributed by atoms with Gasteiger partial charge < -0.3 is 16.4 Å². The predicted molar refractivity (Wildman–Crippen MR) is 59.5 cm³/mol. The molecule has 0 aliphatic carbocycles. The number of nitrogens with one attached hydrogen (secondary N) is 2. The normalized spacial score (nSPS) is 12.3. The van der Waals surface area contributed by atoms with Crippen molar-refractivity contribution in [3.63, 3.8) is 0 Å². The fraction of sp³-hybridized carbons (Fsp3) is 0.556. The maximum absolute atomic E-state index is 11.3. The molecule has 0 saturated carbocycles. The highest BCUT2D eigenvalue weighted by Crippen LogP contribution is 2.21. The Morgan fingerprint density at radius 1 is 1.60 bits per heavy atom. The molecule has 15 heavy (non-hydrogen) atoms. The molecule has 84 valence electrons. The second-order valence-electron chi connectivity index (χ2n) is 3.45. The summed E-state index contributed by atoms with van der Waals surface area (Å²) in [4.78, 5) is 11.3. The number of amides is 1. The number of aromatic nitrogens is 2. The van der Waals surface area contributed by atoms with Gasteiger partial charge in [-0.2, -0.15) is 5.10 Å². The van der Waals surface area contributed by atoms with Gasteiger partial charge in [-0.25, -0.2) is 0 Å². The van der Waals surface area contributed by atoms with Crippen molar-refractivity contribution in [2.45, 2.75) is 19.9 Å². The second-order valence-corrected chi connectivity index (χ2v) is 3.45. The van der Waals surface area contributed by atoms with Crippen LogP contribution in [0.5, 0.6) is 0 Å². The number of anilines is 2. The number of hydrogen-bond acceptors (Lipinski definition) is 4. The standard InChI is InChI=1S/C9H17N5O/c1-5-7(10)8(14(4)13-5)12-6(2)9(15)11-3/h6,12H,10H2,1-4H3,(H,11,15). The van der Waals surface area contributed by atoms with E-state index in [1.54, 1.807) is 25.7 Å². The van der Waals surface area contributed by atoms with E-state index in [2.05, 4.69) is 15.7 Å². The first-order valence-electron chi connectivity index (χ1n) is 4.74. The monoisotopic (exact) mass is 211 g/mol. The molecule has 1 atom stereocenters. The van der Waals surface area contributed by atoms with Crippen molar-refractivity contribution in [2.24, 2.45) is 7.05 Å². The Labute approximate surface area is 88.8 Å². The van der Waals surface area contributed by atoms with Gasteiger partial charge in [-0.3, -0.25) is 9.48 Å². The Hall–Kier alpha value is -1.72. The van der Waals surface area contributed by atoms with Crippen molar-refractivity contribution in [3.8, 4) is 0 Å². The molecule has 0 fully saturated rings. The zero-order valence-electron chi connectivity index (χ0n) is 9.46. The van der Waals surface area contributed by atoms with E-state index in [0.717, 1.165) is 5.69 Å². The Bertz CT molecular complexity index is 371. The number of aryl methyl sites for hydroxylation is 2. The molecule has 0 radical (unpaired) electrons. The van der Waals surface area contributed by atoms with Crippen LogP contribution < -0.4 is 16.4 Å². The van der Waals surface area contributed by atoms with Crippen LogP contribution in [0.1, 0.15) is 12.6 Å². The average Bonchev–Trinajstić information content (AvgIpc) is 2.43. The molecule has 1 amide bonds. The third-order valence-corrected chi connectivity index (χ3v) is 2.26. The minimum atomic E-state index is -0.341. The molecule has 0 spiro atoms. The summed E-state index contributed by atoms with van der Waals surface area (Å²) < 4.78 is 1.63. The molecule has 0 aromatic carbocycles. The molecule has 1 aromatic heterocycles. The summed E-state index contributed by atoms with van der Waals surface area (Å²) in [5, 5.41) is 9.72. The van der Waals surface area contributed by atoms with Gasteiger partial charge in [0.1, 0.15) is 11.9 Å². The highest BCUT2D eigenvalue weighted by molar-refractivity contribution is 5.84. The van der Waals surface area contributed by atoms with Crippen molar-refractivity contribution in [3.05, 3.63) is 5.69 Å². The van der Waals surface area contributed by atoms with Crippen LogP contribution in [-0.4, -0.2) is 28.8 Å². The van der Waals surface area contributed by atoms with Crippen LogP contribution in [0.3, 0.4) is 0 Å². The molecular weight excluding hydrogens is 194 g/mol. The van der Waals surface area contributed by atoms with Crippen molar-refractivity contribution < 1.29 is 4.79 Å². The summed E-state index contributed by atoms with van der Waals surface area (Å²) in [6, 6.07) is -0.341. The molecule has 0 saturated heterocycles. The van der Waals surface area contributed by atoms with Gasteiger partial charge in [0.2, 0.25) is 5.91 Å². The molecule has 1 rings (SSSR count). The van der Waals surface area contributed by atoms with Crippen molar-refractivity contribution in [1.29, 1.82) is 0 Å². The molecule has 1 aromatic rings. The van der Waals surface area contributed by atoms with E-state index < -0.39 is 0 Å². The van der Waals surface area contributed by atoms with Crippen LogP contribution in [0.2, 0.25) is 0 Å². The Morgan fingerprint density at radius 2 is 2.20 bits per heavy atom. The van der Waals surface area contributed by atoms with Crippen LogP contribution in [0.15, 0.2) is 0 Å². The zero-order valence-corrected chi connectivity index (χ0v) is 9.46. The van der Waals surface area contributed by atoms with E-state index in [0.29, 0.717) is 11.5 Å². The first kappa shape index (κ1) is 11.4. The number of nitrogen functional groups attached to an aromatic ring is 1. The number of rotatable bonds is 3. The molecule has 6 nitrogen and oxygen atoms in total. The van der Waals surface area contributed by atoms with Crippen molar-refractivity contribution in [2.75, 3.05) is 18.1 Å². The quantitative estimate of drug-likeness (QED) is 0.649. The number of likely N-dealkylation sites (N-methyl/N-ethyl adjacent to an activating group) is 1. The van der Waals surface area contributed by atoms with Gasteiger partial charge in [0.25, 0.3) is 0 Å². The topological polar surface area (TPSA) is 85.0 Å². The molecular formula is C9H17N5O. The summed E-state index contributed by atoms with van der Waals surface area (Å²) in [7, 11) is 3.38. The Balaban J connectivity index is 2.85. The number of nitrogens with zero attached hydrogens (tertiary/aromatic N) is 2. The van der Waals surface area contributed by atoms with E-state index in [1.165, 1.54) is 0 Å². The average molecular weight is 211 g/mol. The van der Waals surface area contributed by atoms with Crippen LogP contribution >= 0.6 is 0 Å². The fourth-order valence-corrected chi connectivity index (χ4v) is 1.33. The van der Waals surface area contributed by atoms with Gasteiger partial charge in [-0.1, -0.05) is 0 Å². The lowest BCUT2D eigenvalue weighted by Crippen LogP contribution is -2.35. The lowest BCUT2D eigenvalue weighted by molar-refractivity contribution is -0.121. The zero-order chi connectivity index (χ0) is 11.6. The van der Waals surface area contributed by atoms with Gasteiger partial charge in [-0.05, 0) is 13.8 Å². The lowest BCUT2D eigenvalue weighted by atomic mass is 10.3. The first-order valence-corrected chi connectivity index (χ1v) is 4.74. The number of hydrogen-bond donors (Lipinski definition) is 3. The number of nitrogens with two attached hydrogens (primary N) is 1. The van der Waals surface area contributed by atoms with E-state index in [9.17, 15) is 4.79 Å². The smallest absolute Gasteiger partial charge is 0.241 e. The lowest BCUT2D eigenvalue weighted by Gasteiger charge is -2.14. The minimum absolute atomic E-state index is 0.0896. The van der Waals surface area contributed by atoms with Crippen molar-refractivity contribution >= 4 is 17.4 Å². The van der Waals surface area contributed by atoms with Crippen LogP contribution in [0, 0.1) is 6.92 Å². The van der Waals surface area contributed by atoms with E-state index in [-0.39, 0.29) is 11.9 Å². The van der Waals surface area contributed by atoms with Gasteiger partial charge >= 0.3 is 0 Å². The fourth-order valence-electron chi connectivity index (χ4n) is 1.33. The molecule has 1 unspecified atom stereocenters. The van der Waals surface area contributed by atoms with Crippen molar-refractivity contribution in [1.82, 2.24) is 15.1 Å². The molecule has 1 heterocycles. The summed E-state index contributed by atoms with van der Waals surface area (Å²) in [5.41, 5.74) is 7.15. The highest BCUT2D eigenvalue weighted by atomic mass is 16.2. The molecule has 4 N–H and O–H groups in total. The van der Waals surface area contributed by atoms with Crippen LogP contribution in [0.25, 0.3) is 0 Å². The summed E-state index contributed by atoms with van der Waals surface area (Å²) in [6.45, 7) is 3.59. The van der Waals surface area contributed by atoms with E-state index in [4.69, 9.17) is 5.73 Å². The maximum atomic E-state index is 11.3. The first-order chi connectivity index (χ1) is 6.97. The molecule has 0 aliphatic heterocycles.